The second-order valence-electron chi connectivity index (χ2n) is 2.38. The van der Waals surface area contributed by atoms with Crippen molar-refractivity contribution in [2.75, 3.05) is 7.11 Å². The predicted molar refractivity (Wildman–Crippen MR) is 55.2 cm³/mol. The molecule has 0 N–H and O–H groups in total. The molecule has 0 aromatic heterocycles. The first-order valence-electron chi connectivity index (χ1n) is 3.58. The molecule has 0 atom stereocenters. The molecule has 0 radical (unpaired) electrons. The molecule has 14 heavy (non-hydrogen) atoms. The second kappa shape index (κ2) is 4.37. The van der Waals surface area contributed by atoms with Crippen LogP contribution in [0, 0.1) is 20.7 Å². The Labute approximate surface area is 93.6 Å². The smallest absolute Gasteiger partial charge is 0.340 e. The molecule has 0 saturated carbocycles. The Bertz CT molecular complexity index is 426. The van der Waals surface area contributed by atoms with Gasteiger partial charge in [0.25, 0.3) is 0 Å². The number of ether oxygens (including phenoxy) is 1. The summed E-state index contributed by atoms with van der Waals surface area (Å²) in [5, 5.41) is 8.67. The number of carbonyl (C=O) groups excluding carboxylic acids is 1. The number of hydrogen-bond donors (Lipinski definition) is 0. The van der Waals surface area contributed by atoms with E-state index < -0.39 is 11.8 Å². The van der Waals surface area contributed by atoms with E-state index in [9.17, 15) is 9.18 Å². The molecule has 0 aliphatic rings. The first-order chi connectivity index (χ1) is 6.61. The third kappa shape index (κ3) is 1.85. The third-order valence-electron chi connectivity index (χ3n) is 1.60. The summed E-state index contributed by atoms with van der Waals surface area (Å²) >= 11 is 1.85. The third-order valence-corrected chi connectivity index (χ3v) is 2.50. The summed E-state index contributed by atoms with van der Waals surface area (Å²) in [7, 11) is 1.18. The fourth-order valence-corrected chi connectivity index (χ4v) is 1.63. The van der Waals surface area contributed by atoms with Crippen LogP contribution in [0.15, 0.2) is 12.1 Å². The van der Waals surface area contributed by atoms with Crippen molar-refractivity contribution in [2.24, 2.45) is 0 Å². The molecule has 0 unspecified atom stereocenters. The lowest BCUT2D eigenvalue weighted by Crippen LogP contribution is -2.08. The summed E-state index contributed by atoms with van der Waals surface area (Å²) < 4.78 is 18.0. The lowest BCUT2D eigenvalue weighted by molar-refractivity contribution is 0.0598. The van der Waals surface area contributed by atoms with Gasteiger partial charge in [0, 0.05) is 3.57 Å². The van der Waals surface area contributed by atoms with Gasteiger partial charge in [-0.25, -0.2) is 9.18 Å². The molecule has 0 spiro atoms. The van der Waals surface area contributed by atoms with Crippen LogP contribution in [0.2, 0.25) is 0 Å². The maximum absolute atomic E-state index is 13.1. The maximum atomic E-state index is 13.1. The Morgan fingerprint density at radius 3 is 2.79 bits per heavy atom. The van der Waals surface area contributed by atoms with Gasteiger partial charge in [0.1, 0.15) is 17.4 Å². The molecule has 0 aliphatic carbocycles. The van der Waals surface area contributed by atoms with Gasteiger partial charge >= 0.3 is 5.97 Å². The van der Waals surface area contributed by atoms with Crippen molar-refractivity contribution >= 4 is 28.6 Å². The molecular weight excluding hydrogens is 300 g/mol. The lowest BCUT2D eigenvalue weighted by atomic mass is 10.1. The van der Waals surface area contributed by atoms with Crippen molar-refractivity contribution in [3.05, 3.63) is 32.6 Å². The average molecular weight is 305 g/mol. The van der Waals surface area contributed by atoms with Gasteiger partial charge in [0.05, 0.1) is 12.7 Å². The van der Waals surface area contributed by atoms with Gasteiger partial charge in [-0.05, 0) is 34.7 Å². The van der Waals surface area contributed by atoms with Crippen LogP contribution < -0.4 is 0 Å². The van der Waals surface area contributed by atoms with E-state index in [-0.39, 0.29) is 11.1 Å². The van der Waals surface area contributed by atoms with Crippen molar-refractivity contribution in [3.63, 3.8) is 0 Å². The number of rotatable bonds is 1. The van der Waals surface area contributed by atoms with Crippen molar-refractivity contribution in [2.45, 2.75) is 0 Å². The van der Waals surface area contributed by atoms with Crippen molar-refractivity contribution in [3.8, 4) is 6.07 Å². The highest BCUT2D eigenvalue weighted by atomic mass is 127. The monoisotopic (exact) mass is 305 g/mol. The number of hydrogen-bond acceptors (Lipinski definition) is 3. The van der Waals surface area contributed by atoms with E-state index in [1.807, 2.05) is 22.6 Å². The standard InChI is InChI=1S/C9H5FINO2/c1-14-9(13)8-5(4-12)6(10)2-3-7(8)11/h2-3H,1H3. The van der Waals surface area contributed by atoms with E-state index in [1.54, 1.807) is 6.07 Å². The first kappa shape index (κ1) is 10.9. The van der Waals surface area contributed by atoms with E-state index in [2.05, 4.69) is 4.74 Å². The van der Waals surface area contributed by atoms with Gasteiger partial charge in [0.2, 0.25) is 0 Å². The van der Waals surface area contributed by atoms with E-state index in [1.165, 1.54) is 13.2 Å². The van der Waals surface area contributed by atoms with Crippen LogP contribution in [0.1, 0.15) is 15.9 Å². The molecule has 0 bridgehead atoms. The van der Waals surface area contributed by atoms with Crippen LogP contribution in [0.3, 0.4) is 0 Å². The van der Waals surface area contributed by atoms with Gasteiger partial charge in [-0.15, -0.1) is 0 Å². The average Bonchev–Trinajstić information content (AvgIpc) is 2.19. The normalized spacial score (nSPS) is 9.29. The molecule has 0 aliphatic heterocycles. The van der Waals surface area contributed by atoms with Gasteiger partial charge < -0.3 is 4.74 Å². The Morgan fingerprint density at radius 2 is 2.29 bits per heavy atom. The summed E-state index contributed by atoms with van der Waals surface area (Å²) in [6.07, 6.45) is 0. The van der Waals surface area contributed by atoms with Crippen LogP contribution in [0.4, 0.5) is 4.39 Å². The topological polar surface area (TPSA) is 50.1 Å². The fraction of sp³-hybridized carbons (Fsp3) is 0.111. The number of methoxy groups -OCH3 is 1. The Hall–Kier alpha value is -1.16. The predicted octanol–water partition coefficient (Wildman–Crippen LogP) is 2.09. The minimum absolute atomic E-state index is 0.0180. The number of carbonyl (C=O) groups is 1. The quantitative estimate of drug-likeness (QED) is 0.590. The summed E-state index contributed by atoms with van der Waals surface area (Å²) in [6.45, 7) is 0. The molecule has 3 nitrogen and oxygen atoms in total. The molecule has 1 rings (SSSR count). The molecule has 0 fully saturated rings. The lowest BCUT2D eigenvalue weighted by Gasteiger charge is -2.04. The van der Waals surface area contributed by atoms with Gasteiger partial charge in [0.15, 0.2) is 0 Å². The zero-order valence-corrected chi connectivity index (χ0v) is 9.33. The van der Waals surface area contributed by atoms with E-state index in [0.29, 0.717) is 3.57 Å². The minimum atomic E-state index is -0.715. The SMILES string of the molecule is COC(=O)c1c(I)ccc(F)c1C#N. The van der Waals surface area contributed by atoms with E-state index >= 15 is 0 Å². The first-order valence-corrected chi connectivity index (χ1v) is 4.66. The molecule has 5 heteroatoms. The summed E-state index contributed by atoms with van der Waals surface area (Å²) in [4.78, 5) is 11.2. The zero-order valence-electron chi connectivity index (χ0n) is 7.17. The van der Waals surface area contributed by atoms with Crippen LogP contribution in [0.25, 0.3) is 0 Å². The molecule has 1 aromatic carbocycles. The Balaban J connectivity index is 3.47. The van der Waals surface area contributed by atoms with Crippen LogP contribution in [0.5, 0.6) is 0 Å². The highest BCUT2D eigenvalue weighted by molar-refractivity contribution is 14.1. The van der Waals surface area contributed by atoms with Crippen LogP contribution >= 0.6 is 22.6 Å². The Morgan fingerprint density at radius 1 is 1.64 bits per heavy atom. The minimum Gasteiger partial charge on any atom is -0.465 e. The van der Waals surface area contributed by atoms with Gasteiger partial charge in [-0.1, -0.05) is 0 Å². The molecular formula is C9H5FINO2. The van der Waals surface area contributed by atoms with Crippen molar-refractivity contribution in [1.29, 1.82) is 5.26 Å². The number of esters is 1. The molecule has 0 saturated heterocycles. The second-order valence-corrected chi connectivity index (χ2v) is 3.54. The van der Waals surface area contributed by atoms with Crippen molar-refractivity contribution in [1.82, 2.24) is 0 Å². The number of halogens is 2. The van der Waals surface area contributed by atoms with E-state index in [0.717, 1.165) is 6.07 Å². The maximum Gasteiger partial charge on any atom is 0.340 e. The molecule has 0 amide bonds. The molecule has 72 valence electrons. The fourth-order valence-electron chi connectivity index (χ4n) is 0.963. The summed E-state index contributed by atoms with van der Waals surface area (Å²) in [6, 6.07) is 4.20. The number of nitriles is 1. The molecule has 1 aromatic rings. The summed E-state index contributed by atoms with van der Waals surface area (Å²) in [5.74, 6) is -1.42. The number of nitrogens with zero attached hydrogens (tertiary/aromatic N) is 1. The largest absolute Gasteiger partial charge is 0.465 e. The highest BCUT2D eigenvalue weighted by Gasteiger charge is 2.19. The van der Waals surface area contributed by atoms with Crippen LogP contribution in [-0.2, 0) is 4.74 Å². The highest BCUT2D eigenvalue weighted by Crippen LogP contribution is 2.20. The van der Waals surface area contributed by atoms with Gasteiger partial charge in [-0.2, -0.15) is 5.26 Å². The summed E-state index contributed by atoms with van der Waals surface area (Å²) in [5.41, 5.74) is -0.292. The number of benzene rings is 1. The van der Waals surface area contributed by atoms with Crippen molar-refractivity contribution < 1.29 is 13.9 Å². The van der Waals surface area contributed by atoms with Crippen LogP contribution in [-0.4, -0.2) is 13.1 Å². The van der Waals surface area contributed by atoms with E-state index in [4.69, 9.17) is 5.26 Å². The Kier molecular flexibility index (Phi) is 3.41. The zero-order chi connectivity index (χ0) is 10.7. The van der Waals surface area contributed by atoms with Gasteiger partial charge in [-0.3, -0.25) is 0 Å². The molecule has 0 heterocycles.